The summed E-state index contributed by atoms with van der Waals surface area (Å²) in [6.07, 6.45) is 8.65. The van der Waals surface area contributed by atoms with E-state index in [4.69, 9.17) is 6.42 Å². The molecule has 0 amide bonds. The molecule has 5 atom stereocenters. The standard InChI is InChI=1S/C12H17BrO/c1-3-11(14)12(2)9-5-4-8(6-9)10(12)7-13/h1,8-11,14H,4-7H2,2H3. The summed E-state index contributed by atoms with van der Waals surface area (Å²) >= 11 is 3.57. The van der Waals surface area contributed by atoms with Gasteiger partial charge in [0.1, 0.15) is 6.10 Å². The molecular formula is C12H17BrO. The highest BCUT2D eigenvalue weighted by molar-refractivity contribution is 9.09. The van der Waals surface area contributed by atoms with Crippen molar-refractivity contribution in [2.75, 3.05) is 5.33 Å². The molecule has 0 aromatic rings. The SMILES string of the molecule is C#CC(O)C1(C)C2CCC(C2)C1CBr. The van der Waals surface area contributed by atoms with E-state index in [0.29, 0.717) is 11.8 Å². The number of aliphatic hydroxyl groups is 1. The first-order valence-corrected chi connectivity index (χ1v) is 6.46. The molecule has 2 aliphatic carbocycles. The molecule has 2 heteroatoms. The first-order valence-electron chi connectivity index (χ1n) is 5.34. The molecule has 0 radical (unpaired) electrons. The van der Waals surface area contributed by atoms with Crippen molar-refractivity contribution < 1.29 is 5.11 Å². The Morgan fingerprint density at radius 3 is 2.93 bits per heavy atom. The van der Waals surface area contributed by atoms with Crippen molar-refractivity contribution in [1.82, 2.24) is 0 Å². The topological polar surface area (TPSA) is 20.2 Å². The van der Waals surface area contributed by atoms with Crippen LogP contribution in [-0.4, -0.2) is 16.5 Å². The van der Waals surface area contributed by atoms with Crippen LogP contribution in [0.15, 0.2) is 0 Å². The van der Waals surface area contributed by atoms with Crippen molar-refractivity contribution in [2.24, 2.45) is 23.2 Å². The van der Waals surface area contributed by atoms with Crippen molar-refractivity contribution >= 4 is 15.9 Å². The van der Waals surface area contributed by atoms with E-state index >= 15 is 0 Å². The molecule has 0 aliphatic heterocycles. The van der Waals surface area contributed by atoms with Crippen LogP contribution in [0.1, 0.15) is 26.2 Å². The predicted molar refractivity (Wildman–Crippen MR) is 61.1 cm³/mol. The average Bonchev–Trinajstić information content (AvgIpc) is 2.75. The fourth-order valence-electron chi connectivity index (χ4n) is 3.66. The van der Waals surface area contributed by atoms with Gasteiger partial charge in [-0.05, 0) is 37.0 Å². The second-order valence-corrected chi connectivity index (χ2v) is 5.61. The van der Waals surface area contributed by atoms with Crippen LogP contribution in [0.25, 0.3) is 0 Å². The van der Waals surface area contributed by atoms with Crippen molar-refractivity contribution in [1.29, 1.82) is 0 Å². The van der Waals surface area contributed by atoms with Gasteiger partial charge in [-0.2, -0.15) is 0 Å². The van der Waals surface area contributed by atoms with Gasteiger partial charge in [0.05, 0.1) is 0 Å². The molecule has 5 unspecified atom stereocenters. The normalized spacial score (nSPS) is 47.7. The first kappa shape index (κ1) is 10.5. The monoisotopic (exact) mass is 256 g/mol. The second kappa shape index (κ2) is 3.54. The molecule has 14 heavy (non-hydrogen) atoms. The molecular weight excluding hydrogens is 240 g/mol. The lowest BCUT2D eigenvalue weighted by molar-refractivity contribution is -0.00173. The second-order valence-electron chi connectivity index (χ2n) is 4.97. The third kappa shape index (κ3) is 1.19. The summed E-state index contributed by atoms with van der Waals surface area (Å²) in [7, 11) is 0. The molecule has 0 aromatic carbocycles. The summed E-state index contributed by atoms with van der Waals surface area (Å²) in [5.41, 5.74) is -0.0405. The third-order valence-electron chi connectivity index (χ3n) is 4.63. The van der Waals surface area contributed by atoms with Crippen LogP contribution in [0.5, 0.6) is 0 Å². The van der Waals surface area contributed by atoms with Crippen molar-refractivity contribution in [3.05, 3.63) is 0 Å². The summed E-state index contributed by atoms with van der Waals surface area (Å²) in [6.45, 7) is 2.17. The first-order chi connectivity index (χ1) is 6.64. The number of hydrogen-bond acceptors (Lipinski definition) is 1. The summed E-state index contributed by atoms with van der Waals surface area (Å²) in [5.74, 6) is 4.52. The van der Waals surface area contributed by atoms with E-state index in [1.54, 1.807) is 0 Å². The van der Waals surface area contributed by atoms with Gasteiger partial charge in [0.15, 0.2) is 0 Å². The molecule has 2 saturated carbocycles. The summed E-state index contributed by atoms with van der Waals surface area (Å²) in [5, 5.41) is 11.0. The Labute approximate surface area is 94.4 Å². The number of fused-ring (bicyclic) bond motifs is 2. The summed E-state index contributed by atoms with van der Waals surface area (Å²) < 4.78 is 0. The van der Waals surface area contributed by atoms with E-state index in [1.165, 1.54) is 19.3 Å². The molecule has 2 fully saturated rings. The number of alkyl halides is 1. The molecule has 0 saturated heterocycles. The largest absolute Gasteiger partial charge is 0.380 e. The third-order valence-corrected chi connectivity index (χ3v) is 5.33. The highest BCUT2D eigenvalue weighted by Crippen LogP contribution is 2.61. The van der Waals surface area contributed by atoms with Gasteiger partial charge in [-0.1, -0.05) is 28.8 Å². The fraction of sp³-hybridized carbons (Fsp3) is 0.833. The van der Waals surface area contributed by atoms with E-state index in [1.807, 2.05) is 0 Å². The van der Waals surface area contributed by atoms with Crippen molar-refractivity contribution in [3.8, 4) is 12.3 Å². The van der Waals surface area contributed by atoms with Crippen LogP contribution in [0.3, 0.4) is 0 Å². The van der Waals surface area contributed by atoms with Gasteiger partial charge in [-0.15, -0.1) is 6.42 Å². The minimum absolute atomic E-state index is 0.0405. The van der Waals surface area contributed by atoms with E-state index in [9.17, 15) is 5.11 Å². The molecule has 0 heterocycles. The maximum atomic E-state index is 9.98. The van der Waals surface area contributed by atoms with E-state index in [-0.39, 0.29) is 5.41 Å². The van der Waals surface area contributed by atoms with Crippen LogP contribution in [0, 0.1) is 35.5 Å². The van der Waals surface area contributed by atoms with Crippen LogP contribution >= 0.6 is 15.9 Å². The Hall–Kier alpha value is 0. The van der Waals surface area contributed by atoms with Crippen LogP contribution in [0.4, 0.5) is 0 Å². The molecule has 2 rings (SSSR count). The zero-order chi connectivity index (χ0) is 10.3. The molecule has 1 nitrogen and oxygen atoms in total. The average molecular weight is 257 g/mol. The number of aliphatic hydroxyl groups excluding tert-OH is 1. The van der Waals surface area contributed by atoms with Crippen LogP contribution in [0.2, 0.25) is 0 Å². The van der Waals surface area contributed by atoms with Gasteiger partial charge in [0, 0.05) is 10.7 Å². The fourth-order valence-corrected chi connectivity index (χ4v) is 4.88. The van der Waals surface area contributed by atoms with Gasteiger partial charge < -0.3 is 5.11 Å². The Balaban J connectivity index is 2.29. The number of terminal acetylenes is 1. The van der Waals surface area contributed by atoms with Crippen molar-refractivity contribution in [2.45, 2.75) is 32.3 Å². The maximum Gasteiger partial charge on any atom is 0.120 e. The quantitative estimate of drug-likeness (QED) is 0.595. The van der Waals surface area contributed by atoms with E-state index in [2.05, 4.69) is 28.8 Å². The number of hydrogen-bond donors (Lipinski definition) is 1. The summed E-state index contributed by atoms with van der Waals surface area (Å²) in [6, 6.07) is 0. The van der Waals surface area contributed by atoms with Crippen LogP contribution in [-0.2, 0) is 0 Å². The lowest BCUT2D eigenvalue weighted by Crippen LogP contribution is -2.43. The molecule has 2 bridgehead atoms. The van der Waals surface area contributed by atoms with Crippen molar-refractivity contribution in [3.63, 3.8) is 0 Å². The minimum atomic E-state index is -0.569. The smallest absolute Gasteiger partial charge is 0.120 e. The number of halogens is 1. The minimum Gasteiger partial charge on any atom is -0.380 e. The van der Waals surface area contributed by atoms with Gasteiger partial charge in [-0.3, -0.25) is 0 Å². The predicted octanol–water partition coefficient (Wildman–Crippen LogP) is 2.43. The lowest BCUT2D eigenvalue weighted by Gasteiger charge is -2.42. The molecule has 1 N–H and O–H groups in total. The molecule has 0 aromatic heterocycles. The van der Waals surface area contributed by atoms with Gasteiger partial charge >= 0.3 is 0 Å². The lowest BCUT2D eigenvalue weighted by atomic mass is 9.65. The van der Waals surface area contributed by atoms with E-state index < -0.39 is 6.10 Å². The number of rotatable bonds is 2. The highest BCUT2D eigenvalue weighted by Gasteiger charge is 2.57. The maximum absolute atomic E-state index is 9.98. The van der Waals surface area contributed by atoms with Crippen LogP contribution < -0.4 is 0 Å². The highest BCUT2D eigenvalue weighted by atomic mass is 79.9. The Bertz CT molecular complexity index is 270. The van der Waals surface area contributed by atoms with Gasteiger partial charge in [0.2, 0.25) is 0 Å². The zero-order valence-electron chi connectivity index (χ0n) is 8.54. The van der Waals surface area contributed by atoms with Gasteiger partial charge in [-0.25, -0.2) is 0 Å². The Morgan fingerprint density at radius 1 is 1.64 bits per heavy atom. The Morgan fingerprint density at radius 2 is 2.36 bits per heavy atom. The molecule has 0 spiro atoms. The van der Waals surface area contributed by atoms with E-state index in [0.717, 1.165) is 11.2 Å². The Kier molecular flexibility index (Phi) is 2.66. The zero-order valence-corrected chi connectivity index (χ0v) is 10.1. The van der Waals surface area contributed by atoms with Gasteiger partial charge in [0.25, 0.3) is 0 Å². The molecule has 2 aliphatic rings. The summed E-state index contributed by atoms with van der Waals surface area (Å²) in [4.78, 5) is 0. The molecule has 78 valence electrons.